The molecule has 0 saturated heterocycles. The maximum atomic E-state index is 12.5. The number of carbonyl (C=O) groups excluding carboxylic acids is 1. The van der Waals surface area contributed by atoms with Gasteiger partial charge < -0.3 is 9.42 Å². The van der Waals surface area contributed by atoms with Crippen LogP contribution < -0.4 is 5.63 Å². The lowest BCUT2D eigenvalue weighted by Crippen LogP contribution is -2.32. The van der Waals surface area contributed by atoms with E-state index in [1.54, 1.807) is 24.1 Å². The first-order valence-corrected chi connectivity index (χ1v) is 6.65. The summed E-state index contributed by atoms with van der Waals surface area (Å²) in [6.45, 7) is 4.98. The van der Waals surface area contributed by atoms with Crippen LogP contribution in [0.5, 0.6) is 0 Å². The standard InChI is InChI=1S/C15H18N2O3/c1-4-17(5-2)14(18)13-12(15(19)20-16(13)3)11-9-7-6-8-10-11/h6-10H,4-5H2,1-3H3. The van der Waals surface area contributed by atoms with Crippen molar-refractivity contribution in [2.24, 2.45) is 7.05 Å². The lowest BCUT2D eigenvalue weighted by Gasteiger charge is -2.18. The maximum absolute atomic E-state index is 12.5. The molecule has 1 aromatic carbocycles. The number of aryl methyl sites for hydroxylation is 1. The normalized spacial score (nSPS) is 10.6. The van der Waals surface area contributed by atoms with Gasteiger partial charge in [-0.15, -0.1) is 0 Å². The Hall–Kier alpha value is -2.30. The highest BCUT2D eigenvalue weighted by Crippen LogP contribution is 2.21. The monoisotopic (exact) mass is 274 g/mol. The number of aromatic nitrogens is 1. The van der Waals surface area contributed by atoms with Crippen LogP contribution in [0.4, 0.5) is 0 Å². The average molecular weight is 274 g/mol. The third-order valence-electron chi connectivity index (χ3n) is 3.29. The molecule has 5 nitrogen and oxygen atoms in total. The highest BCUT2D eigenvalue weighted by Gasteiger charge is 2.25. The molecule has 0 unspecified atom stereocenters. The van der Waals surface area contributed by atoms with Crippen LogP contribution in [0.2, 0.25) is 0 Å². The fourth-order valence-electron chi connectivity index (χ4n) is 2.23. The van der Waals surface area contributed by atoms with Gasteiger partial charge in [-0.25, -0.2) is 9.53 Å². The third-order valence-corrected chi connectivity index (χ3v) is 3.29. The molecule has 0 radical (unpaired) electrons. The van der Waals surface area contributed by atoms with Gasteiger partial charge in [-0.05, 0) is 19.4 Å². The Kier molecular flexibility index (Phi) is 4.08. The average Bonchev–Trinajstić information content (AvgIpc) is 2.75. The largest absolute Gasteiger partial charge is 0.366 e. The lowest BCUT2D eigenvalue weighted by molar-refractivity contribution is 0.0751. The smallest absolute Gasteiger partial charge is 0.338 e. The summed E-state index contributed by atoms with van der Waals surface area (Å²) in [4.78, 5) is 26.2. The van der Waals surface area contributed by atoms with Crippen LogP contribution in [0.3, 0.4) is 0 Å². The number of amides is 1. The summed E-state index contributed by atoms with van der Waals surface area (Å²) in [5.74, 6) is -0.192. The van der Waals surface area contributed by atoms with E-state index in [2.05, 4.69) is 0 Å². The first-order chi connectivity index (χ1) is 9.60. The van der Waals surface area contributed by atoms with E-state index in [1.807, 2.05) is 32.0 Å². The van der Waals surface area contributed by atoms with Gasteiger partial charge in [0.25, 0.3) is 5.91 Å². The van der Waals surface area contributed by atoms with Gasteiger partial charge in [0.2, 0.25) is 0 Å². The molecular weight excluding hydrogens is 256 g/mol. The Bertz CT molecular complexity index is 652. The fraction of sp³-hybridized carbons (Fsp3) is 0.333. The molecule has 0 spiro atoms. The summed E-state index contributed by atoms with van der Waals surface area (Å²) in [6, 6.07) is 9.11. The summed E-state index contributed by atoms with van der Waals surface area (Å²) >= 11 is 0. The van der Waals surface area contributed by atoms with Gasteiger partial charge >= 0.3 is 5.63 Å². The minimum absolute atomic E-state index is 0.192. The van der Waals surface area contributed by atoms with Crippen molar-refractivity contribution in [3.05, 3.63) is 46.4 Å². The van der Waals surface area contributed by atoms with Gasteiger partial charge in [0.05, 0.1) is 0 Å². The number of carbonyl (C=O) groups is 1. The lowest BCUT2D eigenvalue weighted by atomic mass is 10.1. The molecule has 0 aliphatic heterocycles. The second kappa shape index (κ2) is 5.77. The fourth-order valence-corrected chi connectivity index (χ4v) is 2.23. The molecule has 1 heterocycles. The number of hydrogen-bond donors (Lipinski definition) is 0. The van der Waals surface area contributed by atoms with Crippen LogP contribution in [0.25, 0.3) is 11.1 Å². The van der Waals surface area contributed by atoms with Crippen LogP contribution in [0.15, 0.2) is 39.6 Å². The van der Waals surface area contributed by atoms with Gasteiger partial charge in [0.1, 0.15) is 5.56 Å². The van der Waals surface area contributed by atoms with E-state index in [4.69, 9.17) is 4.52 Å². The Morgan fingerprint density at radius 2 is 1.80 bits per heavy atom. The van der Waals surface area contributed by atoms with Gasteiger partial charge in [-0.2, -0.15) is 0 Å². The number of nitrogens with zero attached hydrogens (tertiary/aromatic N) is 2. The predicted molar refractivity (Wildman–Crippen MR) is 76.6 cm³/mol. The molecule has 2 aromatic rings. The summed E-state index contributed by atoms with van der Waals surface area (Å²) in [7, 11) is 1.57. The van der Waals surface area contributed by atoms with E-state index < -0.39 is 5.63 Å². The van der Waals surface area contributed by atoms with Crippen LogP contribution in [0.1, 0.15) is 24.3 Å². The van der Waals surface area contributed by atoms with Crippen molar-refractivity contribution >= 4 is 5.91 Å². The van der Waals surface area contributed by atoms with Crippen LogP contribution in [0, 0.1) is 0 Å². The zero-order chi connectivity index (χ0) is 14.7. The molecule has 0 fully saturated rings. The summed E-state index contributed by atoms with van der Waals surface area (Å²) in [5.41, 5.74) is 0.821. The number of benzene rings is 1. The maximum Gasteiger partial charge on any atom is 0.366 e. The third kappa shape index (κ3) is 2.39. The summed E-state index contributed by atoms with van der Waals surface area (Å²) in [5, 5.41) is 0. The Balaban J connectivity index is 2.60. The Morgan fingerprint density at radius 1 is 1.20 bits per heavy atom. The topological polar surface area (TPSA) is 55.5 Å². The molecule has 5 heteroatoms. The van der Waals surface area contributed by atoms with Gasteiger partial charge in [-0.1, -0.05) is 30.3 Å². The van der Waals surface area contributed by atoms with Gasteiger partial charge in [0, 0.05) is 20.1 Å². The van der Waals surface area contributed by atoms with Crippen molar-refractivity contribution in [2.45, 2.75) is 13.8 Å². The molecule has 106 valence electrons. The molecule has 0 N–H and O–H groups in total. The van der Waals surface area contributed by atoms with Crippen molar-refractivity contribution < 1.29 is 9.32 Å². The van der Waals surface area contributed by atoms with Crippen molar-refractivity contribution in [3.8, 4) is 11.1 Å². The van der Waals surface area contributed by atoms with Crippen LogP contribution >= 0.6 is 0 Å². The first-order valence-electron chi connectivity index (χ1n) is 6.65. The quantitative estimate of drug-likeness (QED) is 0.858. The molecule has 0 aliphatic rings. The minimum atomic E-state index is -0.491. The second-order valence-electron chi connectivity index (χ2n) is 4.44. The summed E-state index contributed by atoms with van der Waals surface area (Å²) < 4.78 is 6.33. The second-order valence-corrected chi connectivity index (χ2v) is 4.44. The number of hydrogen-bond acceptors (Lipinski definition) is 3. The molecule has 2 rings (SSSR count). The SMILES string of the molecule is CCN(CC)C(=O)c1c(-c2ccccc2)c(=O)on1C. The van der Waals surface area contributed by atoms with E-state index in [0.29, 0.717) is 29.9 Å². The van der Waals surface area contributed by atoms with Gasteiger partial charge in [-0.3, -0.25) is 4.79 Å². The Labute approximate surface area is 117 Å². The highest BCUT2D eigenvalue weighted by molar-refractivity contribution is 5.98. The van der Waals surface area contributed by atoms with E-state index >= 15 is 0 Å². The predicted octanol–water partition coefficient (Wildman–Crippen LogP) is 2.13. The number of rotatable bonds is 4. The zero-order valence-corrected chi connectivity index (χ0v) is 11.9. The zero-order valence-electron chi connectivity index (χ0n) is 11.9. The molecule has 1 amide bonds. The minimum Gasteiger partial charge on any atom is -0.338 e. The Morgan fingerprint density at radius 3 is 2.35 bits per heavy atom. The summed E-state index contributed by atoms with van der Waals surface area (Å²) in [6.07, 6.45) is 0. The van der Waals surface area contributed by atoms with E-state index in [0.717, 1.165) is 0 Å². The van der Waals surface area contributed by atoms with Crippen LogP contribution in [-0.2, 0) is 7.05 Å². The van der Waals surface area contributed by atoms with Crippen molar-refractivity contribution in [2.75, 3.05) is 13.1 Å². The van der Waals surface area contributed by atoms with E-state index in [9.17, 15) is 9.59 Å². The molecule has 1 aromatic heterocycles. The highest BCUT2D eigenvalue weighted by atomic mass is 16.5. The van der Waals surface area contributed by atoms with Gasteiger partial charge in [0.15, 0.2) is 5.69 Å². The van der Waals surface area contributed by atoms with Crippen molar-refractivity contribution in [1.82, 2.24) is 9.64 Å². The molecule has 0 aliphatic carbocycles. The molecule has 0 bridgehead atoms. The van der Waals surface area contributed by atoms with E-state index in [-0.39, 0.29) is 5.91 Å². The van der Waals surface area contributed by atoms with E-state index in [1.165, 1.54) is 4.74 Å². The molecule has 0 atom stereocenters. The molecular formula is C15H18N2O3. The van der Waals surface area contributed by atoms with Crippen LogP contribution in [-0.4, -0.2) is 28.6 Å². The van der Waals surface area contributed by atoms with Crippen molar-refractivity contribution in [3.63, 3.8) is 0 Å². The molecule has 20 heavy (non-hydrogen) atoms. The van der Waals surface area contributed by atoms with Crippen molar-refractivity contribution in [1.29, 1.82) is 0 Å². The molecule has 0 saturated carbocycles. The first kappa shape index (κ1) is 14.1.